The van der Waals surface area contributed by atoms with Gasteiger partial charge in [-0.1, -0.05) is 39.3 Å². The summed E-state index contributed by atoms with van der Waals surface area (Å²) in [4.78, 5) is 38.6. The lowest BCUT2D eigenvalue weighted by Crippen LogP contribution is -2.37. The minimum atomic E-state index is -0.381. The van der Waals surface area contributed by atoms with E-state index in [1.165, 1.54) is 17.3 Å². The smallest absolute Gasteiger partial charge is 0.415 e. The van der Waals surface area contributed by atoms with Gasteiger partial charge < -0.3 is 14.8 Å². The first-order chi connectivity index (χ1) is 15.6. The largest absolute Gasteiger partial charge is 0.447 e. The molecule has 2 amide bonds. The fraction of sp³-hybridized carbons (Fsp3) is 0.500. The number of rotatable bonds is 3. The molecule has 0 aliphatic carbocycles. The molecule has 0 unspecified atom stereocenters. The maximum absolute atomic E-state index is 11.6. The molecular weight excluding hydrogens is 495 g/mol. The lowest BCUT2D eigenvalue weighted by Gasteiger charge is -2.22. The number of anilines is 1. The van der Waals surface area contributed by atoms with Crippen LogP contribution in [-0.4, -0.2) is 57.4 Å². The van der Waals surface area contributed by atoms with Crippen LogP contribution in [0.5, 0.6) is 0 Å². The summed E-state index contributed by atoms with van der Waals surface area (Å²) in [7, 11) is 0. The van der Waals surface area contributed by atoms with E-state index in [0.29, 0.717) is 36.0 Å². The number of carbonyl (C=O) groups excluding carboxylic acids is 2. The number of ether oxygens (including phenoxy) is 2. The third-order valence-electron chi connectivity index (χ3n) is 4.63. The van der Waals surface area contributed by atoms with E-state index in [4.69, 9.17) is 39.5 Å². The van der Waals surface area contributed by atoms with Gasteiger partial charge in [0.25, 0.3) is 0 Å². The number of amides is 2. The summed E-state index contributed by atoms with van der Waals surface area (Å²) < 4.78 is 9.69. The molecule has 33 heavy (non-hydrogen) atoms. The van der Waals surface area contributed by atoms with E-state index in [1.807, 2.05) is 13.8 Å². The van der Waals surface area contributed by atoms with E-state index in [2.05, 4.69) is 43.8 Å². The van der Waals surface area contributed by atoms with Gasteiger partial charge in [0, 0.05) is 12.4 Å². The number of halogens is 3. The number of nitrogens with one attached hydrogen (secondary N) is 1. The van der Waals surface area contributed by atoms with E-state index < -0.39 is 0 Å². The molecule has 1 N–H and O–H groups in total. The monoisotopic (exact) mass is 518 g/mol. The Morgan fingerprint density at radius 1 is 0.939 bits per heavy atom. The molecule has 13 heteroatoms. The summed E-state index contributed by atoms with van der Waals surface area (Å²) in [6, 6.07) is 3.43. The molecule has 2 aromatic rings. The highest BCUT2D eigenvalue weighted by Crippen LogP contribution is 2.25. The van der Waals surface area contributed by atoms with Crippen molar-refractivity contribution in [3.8, 4) is 0 Å². The van der Waals surface area contributed by atoms with Crippen molar-refractivity contribution in [1.82, 2.24) is 25.3 Å². The van der Waals surface area contributed by atoms with Crippen molar-refractivity contribution in [2.24, 2.45) is 11.8 Å². The van der Waals surface area contributed by atoms with Crippen molar-refractivity contribution >= 4 is 52.8 Å². The Morgan fingerprint density at radius 3 is 2.00 bits per heavy atom. The Hall–Kier alpha value is -2.43. The number of hydrogen-bond acceptors (Lipinski definition) is 8. The van der Waals surface area contributed by atoms with Crippen molar-refractivity contribution in [2.45, 2.75) is 39.8 Å². The van der Waals surface area contributed by atoms with Crippen LogP contribution in [0.4, 0.5) is 15.4 Å². The number of cyclic esters (lactones) is 2. The molecule has 2 aliphatic heterocycles. The third kappa shape index (κ3) is 8.45. The molecule has 0 saturated carbocycles. The molecule has 0 bridgehead atoms. The molecule has 0 aromatic carbocycles. The Morgan fingerprint density at radius 2 is 1.58 bits per heavy atom. The SMILES string of the molecule is CC(C)[C@H]1COC(=O)N1.CC(C)[C@H]1COC(=O)N1c1ccnc(Cl)n1.Clc1ccnc(Cl)n1. The molecule has 4 rings (SSSR count). The molecule has 0 spiro atoms. The second-order valence-electron chi connectivity index (χ2n) is 7.68. The van der Waals surface area contributed by atoms with Gasteiger partial charge in [0.2, 0.25) is 10.6 Å². The fourth-order valence-electron chi connectivity index (χ4n) is 2.72. The molecule has 2 aliphatic rings. The van der Waals surface area contributed by atoms with Crippen molar-refractivity contribution in [1.29, 1.82) is 0 Å². The molecule has 180 valence electrons. The van der Waals surface area contributed by atoms with Crippen LogP contribution in [0.15, 0.2) is 24.5 Å². The minimum absolute atomic E-state index is 0.00142. The topological polar surface area (TPSA) is 119 Å². The van der Waals surface area contributed by atoms with E-state index in [0.717, 1.165) is 0 Å². The lowest BCUT2D eigenvalue weighted by molar-refractivity contribution is 0.175. The second-order valence-corrected chi connectivity index (χ2v) is 8.75. The van der Waals surface area contributed by atoms with Crippen LogP contribution in [-0.2, 0) is 9.47 Å². The first-order valence-electron chi connectivity index (χ1n) is 10.1. The lowest BCUT2D eigenvalue weighted by atomic mass is 10.0. The predicted molar refractivity (Wildman–Crippen MR) is 125 cm³/mol. The van der Waals surface area contributed by atoms with Crippen LogP contribution >= 0.6 is 34.8 Å². The van der Waals surface area contributed by atoms with Crippen molar-refractivity contribution in [2.75, 3.05) is 18.1 Å². The van der Waals surface area contributed by atoms with E-state index in [9.17, 15) is 9.59 Å². The van der Waals surface area contributed by atoms with Gasteiger partial charge in [0.05, 0.1) is 12.1 Å². The first kappa shape index (κ1) is 26.8. The van der Waals surface area contributed by atoms with Gasteiger partial charge in [0.1, 0.15) is 24.2 Å². The first-order valence-corrected chi connectivity index (χ1v) is 11.2. The standard InChI is InChI=1S/C10H12ClN3O2.C6H11NO2.C4H2Cl2N2/c1-6(2)7-5-16-10(15)14(7)8-3-4-12-9(11)13-8;1-4(2)5-3-9-6(8)7-5;5-3-1-2-7-4(6)8-3/h3-4,6-7H,5H2,1-2H3;4-5H,3H2,1-2H3,(H,7,8);1-2H/t7-;5-;/m11./s1. The predicted octanol–water partition coefficient (Wildman–Crippen LogP) is 4.65. The van der Waals surface area contributed by atoms with Gasteiger partial charge in [-0.3, -0.25) is 4.90 Å². The summed E-state index contributed by atoms with van der Waals surface area (Å²) in [5.74, 6) is 1.25. The minimum Gasteiger partial charge on any atom is -0.447 e. The van der Waals surface area contributed by atoms with Crippen LogP contribution < -0.4 is 10.2 Å². The number of aromatic nitrogens is 4. The molecule has 10 nitrogen and oxygen atoms in total. The average molecular weight is 520 g/mol. The van der Waals surface area contributed by atoms with Gasteiger partial charge >= 0.3 is 12.2 Å². The highest BCUT2D eigenvalue weighted by molar-refractivity contribution is 6.31. The Balaban J connectivity index is 0.000000192. The van der Waals surface area contributed by atoms with Crippen LogP contribution in [0.3, 0.4) is 0 Å². The van der Waals surface area contributed by atoms with Gasteiger partial charge in [-0.05, 0) is 47.2 Å². The zero-order valence-corrected chi connectivity index (χ0v) is 20.8. The molecule has 2 aromatic heterocycles. The number of nitrogens with zero attached hydrogens (tertiary/aromatic N) is 5. The van der Waals surface area contributed by atoms with Gasteiger partial charge in [-0.15, -0.1) is 0 Å². The van der Waals surface area contributed by atoms with Crippen LogP contribution in [0, 0.1) is 11.8 Å². The van der Waals surface area contributed by atoms with Crippen LogP contribution in [0.1, 0.15) is 27.7 Å². The summed E-state index contributed by atoms with van der Waals surface area (Å²) in [5.41, 5.74) is 0. The fourth-order valence-corrected chi connectivity index (χ4v) is 3.19. The van der Waals surface area contributed by atoms with Crippen molar-refractivity contribution < 1.29 is 19.1 Å². The molecule has 4 heterocycles. The zero-order chi connectivity index (χ0) is 24.5. The molecule has 2 saturated heterocycles. The molecule has 0 radical (unpaired) electrons. The van der Waals surface area contributed by atoms with Crippen LogP contribution in [0.2, 0.25) is 15.7 Å². The zero-order valence-electron chi connectivity index (χ0n) is 18.5. The normalized spacial score (nSPS) is 19.2. The number of carbonyl (C=O) groups is 2. The highest BCUT2D eigenvalue weighted by Gasteiger charge is 2.37. The number of alkyl carbamates (subject to hydrolysis) is 1. The Kier molecular flexibility index (Phi) is 10.3. The average Bonchev–Trinajstić information content (AvgIpc) is 3.35. The Bertz CT molecular complexity index is 932. The van der Waals surface area contributed by atoms with E-state index >= 15 is 0 Å². The van der Waals surface area contributed by atoms with Crippen LogP contribution in [0.25, 0.3) is 0 Å². The number of hydrogen-bond donors (Lipinski definition) is 1. The summed E-state index contributed by atoms with van der Waals surface area (Å²) >= 11 is 16.4. The molecular formula is C20H25Cl3N6O4. The molecule has 2 fully saturated rings. The van der Waals surface area contributed by atoms with Gasteiger partial charge in [-0.25, -0.2) is 29.5 Å². The summed E-state index contributed by atoms with van der Waals surface area (Å²) in [6.45, 7) is 9.08. The summed E-state index contributed by atoms with van der Waals surface area (Å²) in [5, 5.41) is 3.36. The van der Waals surface area contributed by atoms with Gasteiger partial charge in [0.15, 0.2) is 0 Å². The second kappa shape index (κ2) is 12.7. The van der Waals surface area contributed by atoms with Crippen molar-refractivity contribution in [3.63, 3.8) is 0 Å². The maximum atomic E-state index is 11.6. The van der Waals surface area contributed by atoms with Gasteiger partial charge in [-0.2, -0.15) is 0 Å². The Labute approximate surface area is 207 Å². The summed E-state index contributed by atoms with van der Waals surface area (Å²) in [6.07, 6.45) is 2.35. The van der Waals surface area contributed by atoms with E-state index in [-0.39, 0.29) is 34.8 Å². The maximum Gasteiger partial charge on any atom is 0.415 e. The highest BCUT2D eigenvalue weighted by atomic mass is 35.5. The third-order valence-corrected chi connectivity index (χ3v) is 5.20. The quantitative estimate of drug-likeness (QED) is 0.460. The van der Waals surface area contributed by atoms with Crippen molar-refractivity contribution in [3.05, 3.63) is 40.2 Å². The van der Waals surface area contributed by atoms with E-state index in [1.54, 1.807) is 12.1 Å². The molecule has 2 atom stereocenters.